The Morgan fingerprint density at radius 1 is 1.09 bits per heavy atom. The lowest BCUT2D eigenvalue weighted by atomic mass is 10.0. The van der Waals surface area contributed by atoms with Crippen LogP contribution in [0.5, 0.6) is 0 Å². The molecule has 0 atom stereocenters. The number of nitrogens with one attached hydrogen (secondary N) is 2. The molecule has 2 amide bonds. The van der Waals surface area contributed by atoms with Gasteiger partial charge in [0, 0.05) is 16.9 Å². The van der Waals surface area contributed by atoms with E-state index in [1.54, 1.807) is 18.3 Å². The second-order valence-electron chi connectivity index (χ2n) is 5.20. The molecule has 0 bridgehead atoms. The lowest BCUT2D eigenvalue weighted by molar-refractivity contribution is 0.255. The number of rotatable bonds is 4. The number of hydrogen-bond acceptors (Lipinski definition) is 1. The van der Waals surface area contributed by atoms with Crippen molar-refractivity contribution >= 4 is 29.4 Å². The van der Waals surface area contributed by atoms with Crippen LogP contribution < -0.4 is 10.6 Å². The highest BCUT2D eigenvalue weighted by Crippen LogP contribution is 2.23. The Kier molecular flexibility index (Phi) is 5.61. The van der Waals surface area contributed by atoms with Crippen LogP contribution in [0, 0.1) is 0 Å². The van der Waals surface area contributed by atoms with Crippen molar-refractivity contribution in [1.82, 2.24) is 5.32 Å². The normalized spacial score (nSPS) is 10.9. The van der Waals surface area contributed by atoms with E-state index in [0.29, 0.717) is 10.9 Å². The summed E-state index contributed by atoms with van der Waals surface area (Å²) in [6.45, 7) is 4.19. The Morgan fingerprint density at radius 3 is 2.50 bits per heavy atom. The van der Waals surface area contributed by atoms with Crippen molar-refractivity contribution in [2.75, 3.05) is 5.32 Å². The SMILES string of the molecule is CC(C)c1ccccc1NC(=O)N/C=C/c1ccccc1Cl. The van der Waals surface area contributed by atoms with Crippen molar-refractivity contribution in [2.24, 2.45) is 0 Å². The number of amides is 2. The van der Waals surface area contributed by atoms with E-state index in [2.05, 4.69) is 24.5 Å². The van der Waals surface area contributed by atoms with E-state index >= 15 is 0 Å². The van der Waals surface area contributed by atoms with Gasteiger partial charge < -0.3 is 10.6 Å². The fraction of sp³-hybridized carbons (Fsp3) is 0.167. The van der Waals surface area contributed by atoms with Crippen molar-refractivity contribution in [1.29, 1.82) is 0 Å². The standard InChI is InChI=1S/C18H19ClN2O/c1-13(2)15-8-4-6-10-17(15)21-18(22)20-12-11-14-7-3-5-9-16(14)19/h3-13H,1-2H3,(H2,20,21,22)/b12-11+. The molecule has 0 aliphatic carbocycles. The topological polar surface area (TPSA) is 41.1 Å². The first-order valence-corrected chi connectivity index (χ1v) is 7.53. The molecule has 0 fully saturated rings. The quantitative estimate of drug-likeness (QED) is 0.794. The molecular weight excluding hydrogens is 296 g/mol. The molecule has 0 aromatic heterocycles. The largest absolute Gasteiger partial charge is 0.323 e. The van der Waals surface area contributed by atoms with Gasteiger partial charge in [-0.25, -0.2) is 4.79 Å². The first-order valence-electron chi connectivity index (χ1n) is 7.15. The molecule has 114 valence electrons. The smallest absolute Gasteiger partial charge is 0.314 e. The Morgan fingerprint density at radius 2 is 1.77 bits per heavy atom. The van der Waals surface area contributed by atoms with Crippen molar-refractivity contribution in [3.63, 3.8) is 0 Å². The molecule has 2 aromatic rings. The second kappa shape index (κ2) is 7.66. The monoisotopic (exact) mass is 314 g/mol. The van der Waals surface area contributed by atoms with Gasteiger partial charge in [0.25, 0.3) is 0 Å². The van der Waals surface area contributed by atoms with E-state index in [1.807, 2.05) is 42.5 Å². The third-order valence-electron chi connectivity index (χ3n) is 3.21. The maximum Gasteiger partial charge on any atom is 0.323 e. The lowest BCUT2D eigenvalue weighted by Gasteiger charge is -2.13. The molecule has 0 aliphatic heterocycles. The molecule has 22 heavy (non-hydrogen) atoms. The summed E-state index contributed by atoms with van der Waals surface area (Å²) in [5.41, 5.74) is 2.78. The maximum absolute atomic E-state index is 12.0. The fourth-order valence-corrected chi connectivity index (χ4v) is 2.29. The molecular formula is C18H19ClN2O. The van der Waals surface area contributed by atoms with Crippen LogP contribution in [0.15, 0.2) is 54.7 Å². The second-order valence-corrected chi connectivity index (χ2v) is 5.60. The predicted molar refractivity (Wildman–Crippen MR) is 93.2 cm³/mol. The molecule has 0 heterocycles. The molecule has 2 aromatic carbocycles. The number of halogens is 1. The van der Waals surface area contributed by atoms with Gasteiger partial charge >= 0.3 is 6.03 Å². The van der Waals surface area contributed by atoms with Crippen LogP contribution in [0.3, 0.4) is 0 Å². The number of para-hydroxylation sites is 1. The molecule has 2 N–H and O–H groups in total. The molecule has 0 aliphatic rings. The lowest BCUT2D eigenvalue weighted by Crippen LogP contribution is -2.24. The van der Waals surface area contributed by atoms with E-state index in [0.717, 1.165) is 16.8 Å². The average Bonchev–Trinajstić information content (AvgIpc) is 2.49. The molecule has 0 radical (unpaired) electrons. The van der Waals surface area contributed by atoms with E-state index in [-0.39, 0.29) is 6.03 Å². The van der Waals surface area contributed by atoms with Crippen LogP contribution in [-0.4, -0.2) is 6.03 Å². The summed E-state index contributed by atoms with van der Waals surface area (Å²) < 4.78 is 0. The maximum atomic E-state index is 12.0. The van der Waals surface area contributed by atoms with Gasteiger partial charge in [0.15, 0.2) is 0 Å². The van der Waals surface area contributed by atoms with Crippen LogP contribution in [0.25, 0.3) is 6.08 Å². The first-order chi connectivity index (χ1) is 10.6. The number of carbonyl (C=O) groups excluding carboxylic acids is 1. The predicted octanol–water partition coefficient (Wildman–Crippen LogP) is 5.26. The van der Waals surface area contributed by atoms with Crippen molar-refractivity contribution in [3.05, 3.63) is 70.9 Å². The highest BCUT2D eigenvalue weighted by molar-refractivity contribution is 6.32. The van der Waals surface area contributed by atoms with Crippen molar-refractivity contribution in [3.8, 4) is 0 Å². The van der Waals surface area contributed by atoms with Crippen LogP contribution in [0.4, 0.5) is 10.5 Å². The van der Waals surface area contributed by atoms with E-state index in [9.17, 15) is 4.79 Å². The summed E-state index contributed by atoms with van der Waals surface area (Å²) in [5, 5.41) is 6.19. The van der Waals surface area contributed by atoms with Gasteiger partial charge in [-0.3, -0.25) is 0 Å². The van der Waals surface area contributed by atoms with Crippen LogP contribution in [-0.2, 0) is 0 Å². The number of urea groups is 1. The molecule has 2 rings (SSSR count). The molecule has 3 nitrogen and oxygen atoms in total. The van der Waals surface area contributed by atoms with Crippen LogP contribution in [0.1, 0.15) is 30.9 Å². The van der Waals surface area contributed by atoms with Crippen molar-refractivity contribution < 1.29 is 4.79 Å². The van der Waals surface area contributed by atoms with Gasteiger partial charge in [0.1, 0.15) is 0 Å². The molecule has 4 heteroatoms. The van der Waals surface area contributed by atoms with Crippen LogP contribution >= 0.6 is 11.6 Å². The number of hydrogen-bond donors (Lipinski definition) is 2. The molecule has 0 saturated heterocycles. The van der Waals surface area contributed by atoms with E-state index in [1.165, 1.54) is 0 Å². The Labute approximate surface area is 136 Å². The number of anilines is 1. The minimum absolute atomic E-state index is 0.281. The molecule has 0 saturated carbocycles. The zero-order chi connectivity index (χ0) is 15.9. The van der Waals surface area contributed by atoms with Gasteiger partial charge in [-0.1, -0.05) is 61.8 Å². The Hall–Kier alpha value is -2.26. The highest BCUT2D eigenvalue weighted by atomic mass is 35.5. The minimum Gasteiger partial charge on any atom is -0.314 e. The van der Waals surface area contributed by atoms with E-state index in [4.69, 9.17) is 11.6 Å². The van der Waals surface area contributed by atoms with Gasteiger partial charge in [-0.15, -0.1) is 0 Å². The number of benzene rings is 2. The first kappa shape index (κ1) is 16.1. The van der Waals surface area contributed by atoms with E-state index < -0.39 is 0 Å². The van der Waals surface area contributed by atoms with Crippen molar-refractivity contribution in [2.45, 2.75) is 19.8 Å². The van der Waals surface area contributed by atoms with Gasteiger partial charge in [0.2, 0.25) is 0 Å². The highest BCUT2D eigenvalue weighted by Gasteiger charge is 2.07. The third-order valence-corrected chi connectivity index (χ3v) is 3.56. The summed E-state index contributed by atoms with van der Waals surface area (Å²) in [4.78, 5) is 12.0. The van der Waals surface area contributed by atoms with Gasteiger partial charge in [-0.2, -0.15) is 0 Å². The summed E-state index contributed by atoms with van der Waals surface area (Å²) in [5.74, 6) is 0.343. The molecule has 0 spiro atoms. The fourth-order valence-electron chi connectivity index (χ4n) is 2.09. The number of carbonyl (C=O) groups is 1. The Balaban J connectivity index is 1.98. The zero-order valence-corrected chi connectivity index (χ0v) is 13.4. The summed E-state index contributed by atoms with van der Waals surface area (Å²) in [7, 11) is 0. The van der Waals surface area contributed by atoms with Gasteiger partial charge in [0.05, 0.1) is 0 Å². The summed E-state index contributed by atoms with van der Waals surface area (Å²) in [6.07, 6.45) is 3.34. The Bertz CT molecular complexity index is 680. The zero-order valence-electron chi connectivity index (χ0n) is 12.6. The third kappa shape index (κ3) is 4.37. The van der Waals surface area contributed by atoms with Crippen LogP contribution in [0.2, 0.25) is 5.02 Å². The summed E-state index contributed by atoms with van der Waals surface area (Å²) in [6, 6.07) is 14.9. The molecule has 0 unspecified atom stereocenters. The summed E-state index contributed by atoms with van der Waals surface area (Å²) >= 11 is 6.05. The minimum atomic E-state index is -0.281. The average molecular weight is 315 g/mol. The van der Waals surface area contributed by atoms with Gasteiger partial charge in [-0.05, 0) is 35.3 Å².